The summed E-state index contributed by atoms with van der Waals surface area (Å²) in [4.78, 5) is 25.2. The lowest BCUT2D eigenvalue weighted by atomic mass is 9.76. The van der Waals surface area contributed by atoms with Gasteiger partial charge in [0, 0.05) is 5.41 Å². The first kappa shape index (κ1) is 27.0. The lowest BCUT2D eigenvalue weighted by molar-refractivity contribution is -0.151. The molecule has 5 nitrogen and oxygen atoms in total. The number of hydrogen-bond acceptors (Lipinski definition) is 5. The number of carbonyl (C=O) groups excluding carboxylic acids is 2. The van der Waals surface area contributed by atoms with Gasteiger partial charge in [-0.3, -0.25) is 9.59 Å². The molecule has 0 saturated carbocycles. The van der Waals surface area contributed by atoms with Crippen LogP contribution in [-0.4, -0.2) is 26.2 Å². The van der Waals surface area contributed by atoms with E-state index in [1.807, 2.05) is 69.3 Å². The summed E-state index contributed by atoms with van der Waals surface area (Å²) in [6.45, 7) is 6.18. The Morgan fingerprint density at radius 1 is 0.941 bits per heavy atom. The summed E-state index contributed by atoms with van der Waals surface area (Å²) < 4.78 is 15.8. The molecule has 2 aromatic rings. The highest BCUT2D eigenvalue weighted by Crippen LogP contribution is 2.34. The molecule has 1 unspecified atom stereocenters. The fourth-order valence-electron chi connectivity index (χ4n) is 3.78. The van der Waals surface area contributed by atoms with Crippen LogP contribution in [0.5, 0.6) is 5.75 Å². The van der Waals surface area contributed by atoms with Crippen LogP contribution in [0.15, 0.2) is 48.5 Å². The van der Waals surface area contributed by atoms with E-state index in [0.29, 0.717) is 6.42 Å². The highest BCUT2D eigenvalue weighted by Gasteiger charge is 2.37. The number of unbranched alkanes of at least 4 members (excludes halogenated alkanes) is 1. The number of benzene rings is 2. The van der Waals surface area contributed by atoms with E-state index < -0.39 is 5.41 Å². The molecular weight excluding hydrogens is 428 g/mol. The molecule has 2 rings (SSSR count). The number of rotatable bonds is 12. The summed E-state index contributed by atoms with van der Waals surface area (Å²) in [6, 6.07) is 15.0. The zero-order valence-corrected chi connectivity index (χ0v) is 21.0. The Hall–Kier alpha value is -3.26. The molecule has 182 valence electrons. The van der Waals surface area contributed by atoms with Gasteiger partial charge in [0.05, 0.1) is 26.1 Å². The molecule has 0 radical (unpaired) electrons. The number of ether oxygens (including phenoxy) is 3. The highest BCUT2D eigenvalue weighted by atomic mass is 16.5. The van der Waals surface area contributed by atoms with Crippen LogP contribution in [-0.2, 0) is 37.5 Å². The first-order valence-electron chi connectivity index (χ1n) is 11.6. The van der Waals surface area contributed by atoms with Crippen LogP contribution in [0.1, 0.15) is 63.1 Å². The normalized spacial score (nSPS) is 12.8. The second kappa shape index (κ2) is 12.3. The molecule has 0 aliphatic carbocycles. The summed E-state index contributed by atoms with van der Waals surface area (Å²) in [5, 5.41) is 0. The molecular formula is C29H36O5. The van der Waals surface area contributed by atoms with Crippen LogP contribution in [0.4, 0.5) is 0 Å². The van der Waals surface area contributed by atoms with Crippen molar-refractivity contribution in [2.24, 2.45) is 5.41 Å². The third kappa shape index (κ3) is 7.66. The molecule has 0 N–H and O–H groups in total. The molecule has 0 saturated heterocycles. The third-order valence-electron chi connectivity index (χ3n) is 6.24. The van der Waals surface area contributed by atoms with Crippen LogP contribution >= 0.6 is 0 Å². The maximum Gasteiger partial charge on any atom is 0.316 e. The van der Waals surface area contributed by atoms with Gasteiger partial charge < -0.3 is 14.2 Å². The van der Waals surface area contributed by atoms with E-state index in [1.54, 1.807) is 7.11 Å². The Labute approximate surface area is 203 Å². The van der Waals surface area contributed by atoms with Crippen molar-refractivity contribution in [3.05, 3.63) is 65.2 Å². The molecule has 0 fully saturated rings. The Morgan fingerprint density at radius 2 is 1.62 bits per heavy atom. The van der Waals surface area contributed by atoms with Crippen LogP contribution < -0.4 is 4.74 Å². The van der Waals surface area contributed by atoms with Crippen molar-refractivity contribution >= 4 is 11.9 Å². The number of carbonyl (C=O) groups is 2. The zero-order chi connectivity index (χ0) is 25.2. The van der Waals surface area contributed by atoms with Crippen LogP contribution in [0, 0.1) is 17.8 Å². The second-order valence-electron chi connectivity index (χ2n) is 9.44. The Kier molecular flexibility index (Phi) is 9.74. The van der Waals surface area contributed by atoms with Crippen LogP contribution in [0.2, 0.25) is 0 Å². The molecule has 34 heavy (non-hydrogen) atoms. The highest BCUT2D eigenvalue weighted by molar-refractivity contribution is 5.83. The van der Waals surface area contributed by atoms with Gasteiger partial charge in [0.1, 0.15) is 12.4 Å². The molecule has 1 atom stereocenters. The van der Waals surface area contributed by atoms with Crippen molar-refractivity contribution in [2.45, 2.75) is 64.9 Å². The third-order valence-corrected chi connectivity index (χ3v) is 6.24. The molecule has 0 aliphatic heterocycles. The van der Waals surface area contributed by atoms with Gasteiger partial charge in [0.2, 0.25) is 0 Å². The zero-order valence-electron chi connectivity index (χ0n) is 21.0. The maximum atomic E-state index is 13.4. The molecule has 5 heteroatoms. The molecule has 0 amide bonds. The molecule has 0 aromatic heterocycles. The lowest BCUT2D eigenvalue weighted by Crippen LogP contribution is -2.34. The number of esters is 2. The first-order valence-corrected chi connectivity index (χ1v) is 11.6. The average Bonchev–Trinajstić information content (AvgIpc) is 2.85. The minimum atomic E-state index is -0.862. The van der Waals surface area contributed by atoms with Gasteiger partial charge in [-0.2, -0.15) is 0 Å². The van der Waals surface area contributed by atoms with Crippen molar-refractivity contribution in [1.82, 2.24) is 0 Å². The Morgan fingerprint density at radius 3 is 2.24 bits per heavy atom. The smallest absolute Gasteiger partial charge is 0.316 e. The van der Waals surface area contributed by atoms with Crippen molar-refractivity contribution in [1.29, 1.82) is 0 Å². The SMILES string of the molecule is C#CC(C)(C)CCCCC(C)(C(=O)OCc1ccc(OC)cc1)c1cccc(CC(=O)OC)c1. The summed E-state index contributed by atoms with van der Waals surface area (Å²) >= 11 is 0. The van der Waals surface area contributed by atoms with Gasteiger partial charge in [0.15, 0.2) is 0 Å². The van der Waals surface area contributed by atoms with Gasteiger partial charge >= 0.3 is 11.9 Å². The number of methoxy groups -OCH3 is 2. The summed E-state index contributed by atoms with van der Waals surface area (Å²) in [5.74, 6) is 2.96. The van der Waals surface area contributed by atoms with E-state index in [1.165, 1.54) is 7.11 Å². The van der Waals surface area contributed by atoms with Crippen molar-refractivity contribution in [3.63, 3.8) is 0 Å². The van der Waals surface area contributed by atoms with Crippen molar-refractivity contribution in [2.75, 3.05) is 14.2 Å². The van der Waals surface area contributed by atoms with Gasteiger partial charge in [-0.1, -0.05) is 49.2 Å². The Bertz CT molecular complexity index is 1000. The lowest BCUT2D eigenvalue weighted by Gasteiger charge is -2.29. The molecule has 0 spiro atoms. The average molecular weight is 465 g/mol. The maximum absolute atomic E-state index is 13.4. The quantitative estimate of drug-likeness (QED) is 0.231. The van der Waals surface area contributed by atoms with Crippen molar-refractivity contribution in [3.8, 4) is 18.1 Å². The van der Waals surface area contributed by atoms with E-state index in [4.69, 9.17) is 20.6 Å². The summed E-state index contributed by atoms with van der Waals surface area (Å²) in [7, 11) is 2.98. The van der Waals surface area contributed by atoms with Crippen LogP contribution in [0.3, 0.4) is 0 Å². The van der Waals surface area contributed by atoms with Gasteiger partial charge in [-0.15, -0.1) is 12.3 Å². The summed E-state index contributed by atoms with van der Waals surface area (Å²) in [5.41, 5.74) is 1.47. The minimum Gasteiger partial charge on any atom is -0.497 e. The number of hydrogen-bond donors (Lipinski definition) is 0. The van der Waals surface area contributed by atoms with E-state index in [-0.39, 0.29) is 30.4 Å². The van der Waals surface area contributed by atoms with E-state index >= 15 is 0 Å². The molecule has 2 aromatic carbocycles. The van der Waals surface area contributed by atoms with Crippen molar-refractivity contribution < 1.29 is 23.8 Å². The van der Waals surface area contributed by atoms with E-state index in [2.05, 4.69) is 5.92 Å². The fourth-order valence-corrected chi connectivity index (χ4v) is 3.78. The fraction of sp³-hybridized carbons (Fsp3) is 0.448. The van der Waals surface area contributed by atoms with Gasteiger partial charge in [0.25, 0.3) is 0 Å². The van der Waals surface area contributed by atoms with Gasteiger partial charge in [-0.05, 0) is 62.4 Å². The first-order chi connectivity index (χ1) is 16.1. The van der Waals surface area contributed by atoms with Gasteiger partial charge in [-0.25, -0.2) is 0 Å². The summed E-state index contributed by atoms with van der Waals surface area (Å²) in [6.07, 6.45) is 8.98. The topological polar surface area (TPSA) is 61.8 Å². The minimum absolute atomic E-state index is 0.150. The second-order valence-corrected chi connectivity index (χ2v) is 9.44. The van der Waals surface area contributed by atoms with E-state index in [0.717, 1.165) is 41.7 Å². The van der Waals surface area contributed by atoms with Crippen LogP contribution in [0.25, 0.3) is 0 Å². The largest absolute Gasteiger partial charge is 0.497 e. The Balaban J connectivity index is 2.21. The monoisotopic (exact) mass is 464 g/mol. The number of terminal acetylenes is 1. The molecule has 0 bridgehead atoms. The standard InChI is InChI=1S/C29H36O5/c1-7-28(2,3)17-8-9-18-29(4,24-12-10-11-23(19-24)20-26(30)33-6)27(31)34-21-22-13-15-25(32-5)16-14-22/h1,10-16,19H,8-9,17-18,20-21H2,2-6H3. The molecule has 0 heterocycles. The van der Waals surface area contributed by atoms with E-state index in [9.17, 15) is 9.59 Å². The predicted molar refractivity (Wildman–Crippen MR) is 133 cm³/mol. The predicted octanol–water partition coefficient (Wildman–Crippen LogP) is 5.63. The molecule has 0 aliphatic rings.